The summed E-state index contributed by atoms with van der Waals surface area (Å²) in [6, 6.07) is 9.81. The lowest BCUT2D eigenvalue weighted by atomic mass is 10.2. The van der Waals surface area contributed by atoms with Crippen molar-refractivity contribution in [1.29, 1.82) is 0 Å². The van der Waals surface area contributed by atoms with Crippen LogP contribution in [0.2, 0.25) is 18.1 Å². The molecule has 0 radical (unpaired) electrons. The number of imidazole rings is 1. The number of anilines is 1. The Morgan fingerprint density at radius 1 is 1.21 bits per heavy atom. The molecule has 33 heavy (non-hydrogen) atoms. The molecule has 1 aromatic carbocycles. The fraction of sp³-hybridized carbons (Fsp3) is 0.522. The normalized spacial score (nSPS) is 21.6. The van der Waals surface area contributed by atoms with Crippen LogP contribution >= 0.6 is 0 Å². The fourth-order valence-corrected chi connectivity index (χ4v) is 5.02. The molecule has 0 aliphatic carbocycles. The van der Waals surface area contributed by atoms with E-state index in [1.54, 1.807) is 6.33 Å². The Hall–Kier alpha value is -2.53. The lowest BCUT2D eigenvalue weighted by Crippen LogP contribution is -2.46. The minimum atomic E-state index is -2.04. The van der Waals surface area contributed by atoms with Crippen molar-refractivity contribution in [3.8, 4) is 5.88 Å². The van der Waals surface area contributed by atoms with Crippen LogP contribution in [0, 0.1) is 0 Å². The van der Waals surface area contributed by atoms with Crippen molar-refractivity contribution >= 4 is 25.4 Å². The molecule has 10 heteroatoms. The number of aromatic nitrogens is 4. The van der Waals surface area contributed by atoms with Crippen molar-refractivity contribution in [2.24, 2.45) is 0 Å². The van der Waals surface area contributed by atoms with E-state index in [2.05, 4.69) is 48.8 Å². The lowest BCUT2D eigenvalue weighted by molar-refractivity contribution is -0.0410. The number of ether oxygens (including phenoxy) is 2. The zero-order chi connectivity index (χ0) is 23.8. The summed E-state index contributed by atoms with van der Waals surface area (Å²) in [4.78, 5) is 13.1. The third kappa shape index (κ3) is 4.88. The average molecular weight is 472 g/mol. The highest BCUT2D eigenvalue weighted by Crippen LogP contribution is 2.41. The second kappa shape index (κ2) is 9.01. The van der Waals surface area contributed by atoms with Crippen molar-refractivity contribution in [3.05, 3.63) is 42.2 Å². The van der Waals surface area contributed by atoms with E-state index in [-0.39, 0.29) is 23.7 Å². The molecule has 178 valence electrons. The van der Waals surface area contributed by atoms with E-state index >= 15 is 0 Å². The summed E-state index contributed by atoms with van der Waals surface area (Å²) in [6.45, 7) is 11.2. The summed E-state index contributed by atoms with van der Waals surface area (Å²) in [5.74, 6) is 0.420. The van der Waals surface area contributed by atoms with Gasteiger partial charge >= 0.3 is 0 Å². The molecular formula is C23H33N5O4Si. The van der Waals surface area contributed by atoms with E-state index < -0.39 is 20.6 Å². The number of aliphatic hydroxyl groups excluding tert-OH is 1. The van der Waals surface area contributed by atoms with Gasteiger partial charge in [0.15, 0.2) is 19.5 Å². The molecule has 3 aromatic rings. The zero-order valence-electron chi connectivity index (χ0n) is 19.9. The number of nitrogens with zero attached hydrogens (tertiary/aromatic N) is 4. The van der Waals surface area contributed by atoms with Crippen molar-refractivity contribution < 1.29 is 19.0 Å². The minimum Gasteiger partial charge on any atom is -0.471 e. The molecule has 0 saturated carbocycles. The molecule has 4 rings (SSSR count). The summed E-state index contributed by atoms with van der Waals surface area (Å²) in [5.41, 5.74) is 8.04. The number of nitrogens with two attached hydrogens (primary N) is 1. The van der Waals surface area contributed by atoms with Crippen LogP contribution < -0.4 is 10.5 Å². The third-order valence-electron chi connectivity index (χ3n) is 6.55. The van der Waals surface area contributed by atoms with Gasteiger partial charge in [0.05, 0.1) is 19.0 Å². The third-order valence-corrected chi connectivity index (χ3v) is 11.1. The monoisotopic (exact) mass is 471 g/mol. The molecule has 3 heterocycles. The molecule has 3 N–H and O–H groups in total. The Labute approximate surface area is 195 Å². The van der Waals surface area contributed by atoms with Crippen molar-refractivity contribution in [1.82, 2.24) is 19.5 Å². The molecule has 3 atom stereocenters. The Bertz CT molecular complexity index is 1100. The number of hydrogen-bond donors (Lipinski definition) is 2. The van der Waals surface area contributed by atoms with Gasteiger partial charge in [0.1, 0.15) is 18.9 Å². The van der Waals surface area contributed by atoms with Gasteiger partial charge in [-0.25, -0.2) is 4.98 Å². The van der Waals surface area contributed by atoms with Crippen LogP contribution in [0.1, 0.15) is 39.0 Å². The maximum absolute atomic E-state index is 9.95. The van der Waals surface area contributed by atoms with Crippen LogP contribution in [0.5, 0.6) is 5.88 Å². The zero-order valence-corrected chi connectivity index (χ0v) is 20.9. The van der Waals surface area contributed by atoms with Crippen LogP contribution in [0.15, 0.2) is 36.7 Å². The smallest absolute Gasteiger partial charge is 0.247 e. The number of nitrogen functional groups attached to an aromatic ring is 1. The van der Waals surface area contributed by atoms with E-state index in [1.165, 1.54) is 0 Å². The minimum absolute atomic E-state index is 0.0550. The average Bonchev–Trinajstić information content (AvgIpc) is 3.35. The molecule has 1 aliphatic rings. The Morgan fingerprint density at radius 2 is 1.94 bits per heavy atom. The number of benzene rings is 1. The van der Waals surface area contributed by atoms with Crippen LogP contribution in [-0.4, -0.2) is 51.8 Å². The molecule has 0 amide bonds. The van der Waals surface area contributed by atoms with Crippen molar-refractivity contribution in [2.45, 2.75) is 70.4 Å². The van der Waals surface area contributed by atoms with Gasteiger partial charge in [-0.3, -0.25) is 4.57 Å². The van der Waals surface area contributed by atoms with Crippen LogP contribution in [0.25, 0.3) is 11.2 Å². The maximum Gasteiger partial charge on any atom is 0.247 e. The first-order valence-corrected chi connectivity index (χ1v) is 14.1. The van der Waals surface area contributed by atoms with E-state index in [1.807, 2.05) is 34.9 Å². The summed E-state index contributed by atoms with van der Waals surface area (Å²) in [6.07, 6.45) is 1.20. The van der Waals surface area contributed by atoms with Gasteiger partial charge in [-0.2, -0.15) is 9.97 Å². The largest absolute Gasteiger partial charge is 0.471 e. The number of hydrogen-bond acceptors (Lipinski definition) is 8. The molecule has 1 fully saturated rings. The van der Waals surface area contributed by atoms with Gasteiger partial charge in [-0.05, 0) is 23.7 Å². The Morgan fingerprint density at radius 3 is 2.61 bits per heavy atom. The van der Waals surface area contributed by atoms with Gasteiger partial charge < -0.3 is 24.7 Å². The van der Waals surface area contributed by atoms with E-state index in [0.29, 0.717) is 30.1 Å². The molecule has 1 aliphatic heterocycles. The fourth-order valence-electron chi connectivity index (χ4n) is 3.66. The topological polar surface area (TPSA) is 118 Å². The van der Waals surface area contributed by atoms with Gasteiger partial charge in [0, 0.05) is 6.42 Å². The van der Waals surface area contributed by atoms with Gasteiger partial charge in [-0.15, -0.1) is 0 Å². The van der Waals surface area contributed by atoms with Gasteiger partial charge in [0.2, 0.25) is 11.8 Å². The quantitative estimate of drug-likeness (QED) is 0.501. The first-order chi connectivity index (χ1) is 15.6. The highest BCUT2D eigenvalue weighted by Gasteiger charge is 2.45. The highest BCUT2D eigenvalue weighted by molar-refractivity contribution is 6.74. The first kappa shape index (κ1) is 23.6. The van der Waals surface area contributed by atoms with E-state index in [9.17, 15) is 5.11 Å². The van der Waals surface area contributed by atoms with Crippen molar-refractivity contribution in [2.75, 3.05) is 12.3 Å². The van der Waals surface area contributed by atoms with E-state index in [4.69, 9.17) is 19.6 Å². The van der Waals surface area contributed by atoms with E-state index in [0.717, 1.165) is 5.56 Å². The van der Waals surface area contributed by atoms with Gasteiger partial charge in [0.25, 0.3) is 0 Å². The molecule has 1 saturated heterocycles. The number of fused-ring (bicyclic) bond motifs is 1. The Kier molecular flexibility index (Phi) is 6.45. The van der Waals surface area contributed by atoms with Crippen molar-refractivity contribution in [3.63, 3.8) is 0 Å². The number of rotatable bonds is 7. The predicted molar refractivity (Wildman–Crippen MR) is 128 cm³/mol. The predicted octanol–water partition coefficient (Wildman–Crippen LogP) is 3.66. The second-order valence-electron chi connectivity index (χ2n) is 9.95. The SMILES string of the molecule is CC(C)(C)[Si](C)(C)O[C@H]1C[C@H](n2cnc3c(OCc4ccccc4)nc(N)nc32)O[C@@H]1CO. The lowest BCUT2D eigenvalue weighted by Gasteiger charge is -2.39. The summed E-state index contributed by atoms with van der Waals surface area (Å²) in [5, 5.41) is 10.0. The maximum atomic E-state index is 9.95. The molecule has 0 unspecified atom stereocenters. The van der Waals surface area contributed by atoms with Gasteiger partial charge in [-0.1, -0.05) is 51.1 Å². The van der Waals surface area contributed by atoms with Crippen LogP contribution in [0.3, 0.4) is 0 Å². The molecule has 0 spiro atoms. The highest BCUT2D eigenvalue weighted by atomic mass is 28.4. The summed E-state index contributed by atoms with van der Waals surface area (Å²) < 4.78 is 20.5. The van der Waals surface area contributed by atoms with Crippen LogP contribution in [0.4, 0.5) is 5.95 Å². The van der Waals surface area contributed by atoms with Crippen LogP contribution in [-0.2, 0) is 15.8 Å². The molecule has 0 bridgehead atoms. The number of aliphatic hydroxyl groups is 1. The first-order valence-electron chi connectivity index (χ1n) is 11.2. The standard InChI is InChI=1S/C23H33N5O4Si/c1-23(2,3)33(4,5)32-16-11-18(31-17(16)12-29)28-14-25-19-20(28)26-22(24)27-21(19)30-13-15-9-7-6-8-10-15/h6-10,14,16-18,29H,11-13H2,1-5H3,(H2,24,26,27)/t16-,17+,18+/m0/s1. The second-order valence-corrected chi connectivity index (χ2v) is 14.7. The molecular weight excluding hydrogens is 438 g/mol. The summed E-state index contributed by atoms with van der Waals surface area (Å²) in [7, 11) is -2.04. The molecule has 2 aromatic heterocycles. The Balaban J connectivity index is 1.58. The summed E-state index contributed by atoms with van der Waals surface area (Å²) >= 11 is 0. The molecule has 9 nitrogen and oxygen atoms in total.